The molecule has 1 fully saturated rings. The Hall–Kier alpha value is -4.10. The quantitative estimate of drug-likeness (QED) is 0.349. The molecule has 4 aromatic rings. The average Bonchev–Trinajstić information content (AvgIpc) is 3.40. The van der Waals surface area contributed by atoms with Crippen LogP contribution in [0, 0.1) is 0 Å². The standard InChI is InChI=1S/C29H25ClN4O3/c1-2-14-31-27(35)20-11-4-6-13-23(20)34-28(36)24-16-21-19-10-3-5-12-22(19)32-25(21)26(33(24)29(34)37)17-8-7-9-18(30)15-17/h3-13,15,24,26,32H,2,14,16H2,1H3,(H,31,35)/t24-,26-/m0/s1. The van der Waals surface area contributed by atoms with Gasteiger partial charge in [-0.15, -0.1) is 0 Å². The van der Waals surface area contributed by atoms with Gasteiger partial charge in [0, 0.05) is 34.6 Å². The number of imide groups is 1. The van der Waals surface area contributed by atoms with E-state index in [2.05, 4.69) is 10.3 Å². The lowest BCUT2D eigenvalue weighted by Crippen LogP contribution is -2.44. The summed E-state index contributed by atoms with van der Waals surface area (Å²) in [5.74, 6) is -0.658. The third-order valence-electron chi connectivity index (χ3n) is 7.14. The number of benzene rings is 3. The molecule has 2 aliphatic heterocycles. The second-order valence-electron chi connectivity index (χ2n) is 9.38. The maximum atomic E-state index is 14.1. The topological polar surface area (TPSA) is 85.5 Å². The number of nitrogens with zero attached hydrogens (tertiary/aromatic N) is 2. The minimum atomic E-state index is -0.713. The van der Waals surface area contributed by atoms with Crippen molar-refractivity contribution in [2.75, 3.05) is 11.4 Å². The van der Waals surface area contributed by atoms with Gasteiger partial charge >= 0.3 is 6.03 Å². The van der Waals surface area contributed by atoms with E-state index in [1.165, 1.54) is 0 Å². The highest BCUT2D eigenvalue weighted by molar-refractivity contribution is 6.30. The number of anilines is 1. The Morgan fingerprint density at radius 2 is 1.84 bits per heavy atom. The molecule has 3 aromatic carbocycles. The fourth-order valence-electron chi connectivity index (χ4n) is 5.51. The van der Waals surface area contributed by atoms with Gasteiger partial charge in [0.15, 0.2) is 0 Å². The Kier molecular flexibility index (Phi) is 5.72. The van der Waals surface area contributed by atoms with Crippen molar-refractivity contribution in [3.8, 4) is 0 Å². The summed E-state index contributed by atoms with van der Waals surface area (Å²) in [6.07, 6.45) is 1.15. The predicted octanol–water partition coefficient (Wildman–Crippen LogP) is 5.44. The van der Waals surface area contributed by atoms with Gasteiger partial charge in [0.2, 0.25) is 0 Å². The first-order chi connectivity index (χ1) is 18.0. The second kappa shape index (κ2) is 9.09. The summed E-state index contributed by atoms with van der Waals surface area (Å²) < 4.78 is 0. The zero-order chi connectivity index (χ0) is 25.7. The monoisotopic (exact) mass is 512 g/mol. The van der Waals surface area contributed by atoms with Crippen LogP contribution in [0.15, 0.2) is 72.8 Å². The van der Waals surface area contributed by atoms with Gasteiger partial charge in [-0.25, -0.2) is 9.69 Å². The van der Waals surface area contributed by atoms with Crippen molar-refractivity contribution in [3.63, 3.8) is 0 Å². The number of para-hydroxylation sites is 2. The van der Waals surface area contributed by atoms with Crippen molar-refractivity contribution in [2.45, 2.75) is 31.8 Å². The van der Waals surface area contributed by atoms with E-state index in [4.69, 9.17) is 11.6 Å². The van der Waals surface area contributed by atoms with E-state index in [1.807, 2.05) is 49.4 Å². The maximum absolute atomic E-state index is 14.1. The van der Waals surface area contributed by atoms with E-state index < -0.39 is 18.1 Å². The molecule has 6 rings (SSSR count). The number of urea groups is 1. The van der Waals surface area contributed by atoms with Crippen LogP contribution in [0.5, 0.6) is 0 Å². The smallest absolute Gasteiger partial charge is 0.332 e. The fourth-order valence-corrected chi connectivity index (χ4v) is 5.71. The number of H-pyrrole nitrogens is 1. The molecule has 2 atom stereocenters. The van der Waals surface area contributed by atoms with Gasteiger partial charge in [0.25, 0.3) is 11.8 Å². The number of aromatic nitrogens is 1. The molecule has 0 radical (unpaired) electrons. The normalized spacial score (nSPS) is 18.8. The van der Waals surface area contributed by atoms with E-state index in [0.717, 1.165) is 39.0 Å². The van der Waals surface area contributed by atoms with Crippen LogP contribution in [0.3, 0.4) is 0 Å². The van der Waals surface area contributed by atoms with Crippen LogP contribution in [0.4, 0.5) is 10.5 Å². The molecule has 2 aliphatic rings. The lowest BCUT2D eigenvalue weighted by molar-refractivity contribution is -0.120. The van der Waals surface area contributed by atoms with Crippen molar-refractivity contribution in [1.82, 2.24) is 15.2 Å². The summed E-state index contributed by atoms with van der Waals surface area (Å²) in [6.45, 7) is 2.47. The largest absolute Gasteiger partial charge is 0.356 e. The molecule has 2 N–H and O–H groups in total. The molecule has 1 saturated heterocycles. The molecule has 0 bridgehead atoms. The van der Waals surface area contributed by atoms with E-state index in [9.17, 15) is 14.4 Å². The Bertz CT molecular complexity index is 1560. The molecule has 0 unspecified atom stereocenters. The third kappa shape index (κ3) is 3.69. The SMILES string of the molecule is CCCNC(=O)c1ccccc1N1C(=O)[C@@H]2Cc3c([nH]c4ccccc34)[C@H](c3cccc(Cl)c3)N2C1=O. The second-order valence-corrected chi connectivity index (χ2v) is 9.81. The minimum Gasteiger partial charge on any atom is -0.356 e. The number of rotatable bonds is 5. The lowest BCUT2D eigenvalue weighted by atomic mass is 9.89. The van der Waals surface area contributed by atoms with Crippen molar-refractivity contribution in [3.05, 3.63) is 100 Å². The van der Waals surface area contributed by atoms with Crippen LogP contribution in [0.25, 0.3) is 10.9 Å². The van der Waals surface area contributed by atoms with Crippen molar-refractivity contribution >= 4 is 46.0 Å². The summed E-state index contributed by atoms with van der Waals surface area (Å²) in [6, 6.07) is 20.4. The first-order valence-electron chi connectivity index (χ1n) is 12.4. The van der Waals surface area contributed by atoms with E-state index in [0.29, 0.717) is 29.2 Å². The highest BCUT2D eigenvalue weighted by atomic mass is 35.5. The van der Waals surface area contributed by atoms with Crippen LogP contribution in [-0.4, -0.2) is 40.3 Å². The van der Waals surface area contributed by atoms with Crippen LogP contribution < -0.4 is 10.2 Å². The number of nitrogens with one attached hydrogen (secondary N) is 2. The Labute approximate surface area is 219 Å². The van der Waals surface area contributed by atoms with Crippen LogP contribution in [0.1, 0.15) is 46.6 Å². The molecular formula is C29H25ClN4O3. The number of amides is 4. The molecule has 0 aliphatic carbocycles. The molecule has 1 aromatic heterocycles. The lowest BCUT2D eigenvalue weighted by Gasteiger charge is -2.36. The predicted molar refractivity (Wildman–Crippen MR) is 143 cm³/mol. The number of carbonyl (C=O) groups is 3. The Morgan fingerprint density at radius 3 is 2.65 bits per heavy atom. The fraction of sp³-hybridized carbons (Fsp3) is 0.207. The van der Waals surface area contributed by atoms with Crippen molar-refractivity contribution < 1.29 is 14.4 Å². The highest BCUT2D eigenvalue weighted by Crippen LogP contribution is 2.45. The van der Waals surface area contributed by atoms with Crippen LogP contribution in [-0.2, 0) is 11.2 Å². The number of fused-ring (bicyclic) bond motifs is 4. The molecule has 186 valence electrons. The van der Waals surface area contributed by atoms with Gasteiger partial charge in [-0.2, -0.15) is 0 Å². The van der Waals surface area contributed by atoms with Crippen molar-refractivity contribution in [2.24, 2.45) is 0 Å². The highest BCUT2D eigenvalue weighted by Gasteiger charge is 2.53. The molecular weight excluding hydrogens is 488 g/mol. The van der Waals surface area contributed by atoms with E-state index in [-0.39, 0.29) is 11.8 Å². The number of hydrogen-bond acceptors (Lipinski definition) is 3. The van der Waals surface area contributed by atoms with Crippen LogP contribution >= 0.6 is 11.6 Å². The molecule has 7 nitrogen and oxygen atoms in total. The van der Waals surface area contributed by atoms with Gasteiger partial charge in [-0.05, 0) is 47.9 Å². The summed E-state index contributed by atoms with van der Waals surface area (Å²) >= 11 is 6.36. The molecule has 37 heavy (non-hydrogen) atoms. The van der Waals surface area contributed by atoms with E-state index >= 15 is 0 Å². The Balaban J connectivity index is 1.49. The van der Waals surface area contributed by atoms with Gasteiger partial charge in [0.1, 0.15) is 12.1 Å². The number of halogens is 1. The first-order valence-corrected chi connectivity index (χ1v) is 12.8. The molecule has 8 heteroatoms. The number of aromatic amines is 1. The number of hydrogen-bond donors (Lipinski definition) is 2. The first kappa shape index (κ1) is 23.3. The average molecular weight is 513 g/mol. The third-order valence-corrected chi connectivity index (χ3v) is 7.37. The summed E-state index contributed by atoms with van der Waals surface area (Å²) in [7, 11) is 0. The van der Waals surface area contributed by atoms with Gasteiger partial charge in [-0.3, -0.25) is 14.5 Å². The summed E-state index contributed by atoms with van der Waals surface area (Å²) in [5.41, 5.74) is 4.23. The maximum Gasteiger partial charge on any atom is 0.332 e. The minimum absolute atomic E-state index is 0.291. The molecule has 0 saturated carbocycles. The Morgan fingerprint density at radius 1 is 1.05 bits per heavy atom. The zero-order valence-corrected chi connectivity index (χ0v) is 21.0. The summed E-state index contributed by atoms with van der Waals surface area (Å²) in [5, 5.41) is 4.43. The molecule has 0 spiro atoms. The van der Waals surface area contributed by atoms with Gasteiger partial charge in [0.05, 0.1) is 11.3 Å². The molecule has 4 amide bonds. The summed E-state index contributed by atoms with van der Waals surface area (Å²) in [4.78, 5) is 47.3. The molecule has 3 heterocycles. The van der Waals surface area contributed by atoms with Gasteiger partial charge in [-0.1, -0.05) is 61.0 Å². The van der Waals surface area contributed by atoms with Crippen LogP contribution in [0.2, 0.25) is 5.02 Å². The van der Waals surface area contributed by atoms with Gasteiger partial charge < -0.3 is 10.3 Å². The zero-order valence-electron chi connectivity index (χ0n) is 20.2. The van der Waals surface area contributed by atoms with E-state index in [1.54, 1.807) is 35.2 Å². The number of carbonyl (C=O) groups excluding carboxylic acids is 3. The van der Waals surface area contributed by atoms with Crippen molar-refractivity contribution in [1.29, 1.82) is 0 Å².